The second-order valence-electron chi connectivity index (χ2n) is 5.06. The van der Waals surface area contributed by atoms with Gasteiger partial charge < -0.3 is 15.3 Å². The lowest BCUT2D eigenvalue weighted by molar-refractivity contribution is -0.132. The standard InChI is InChI=1S/C12H24N2O2S/c1-10(11(15)14-6-4-5-7-14)13-8-12(2,16)9-17-3/h10,13,16H,4-9H2,1-3H3. The van der Waals surface area contributed by atoms with Gasteiger partial charge in [-0.25, -0.2) is 0 Å². The van der Waals surface area contributed by atoms with Gasteiger partial charge >= 0.3 is 0 Å². The van der Waals surface area contributed by atoms with Crippen LogP contribution in [0.15, 0.2) is 0 Å². The maximum Gasteiger partial charge on any atom is 0.239 e. The van der Waals surface area contributed by atoms with E-state index in [-0.39, 0.29) is 11.9 Å². The van der Waals surface area contributed by atoms with Crippen LogP contribution in [0.5, 0.6) is 0 Å². The van der Waals surface area contributed by atoms with Crippen LogP contribution in [0, 0.1) is 0 Å². The fourth-order valence-electron chi connectivity index (χ4n) is 2.03. The summed E-state index contributed by atoms with van der Waals surface area (Å²) < 4.78 is 0. The number of aliphatic hydroxyl groups is 1. The molecule has 1 saturated heterocycles. The zero-order chi connectivity index (χ0) is 12.9. The molecule has 5 heteroatoms. The predicted octanol–water partition coefficient (Wildman–Crippen LogP) is 0.701. The zero-order valence-corrected chi connectivity index (χ0v) is 11.8. The summed E-state index contributed by atoms with van der Waals surface area (Å²) in [5, 5.41) is 13.1. The van der Waals surface area contributed by atoms with Crippen LogP contribution >= 0.6 is 11.8 Å². The highest BCUT2D eigenvalue weighted by molar-refractivity contribution is 7.98. The van der Waals surface area contributed by atoms with Gasteiger partial charge in [0.15, 0.2) is 0 Å². The summed E-state index contributed by atoms with van der Waals surface area (Å²) >= 11 is 1.61. The minimum atomic E-state index is -0.751. The van der Waals surface area contributed by atoms with E-state index < -0.39 is 5.60 Å². The Kier molecular flexibility index (Phi) is 5.76. The number of thioether (sulfide) groups is 1. The summed E-state index contributed by atoms with van der Waals surface area (Å²) in [7, 11) is 0. The average Bonchev–Trinajstić information content (AvgIpc) is 2.78. The molecule has 0 bridgehead atoms. The molecule has 1 amide bonds. The van der Waals surface area contributed by atoms with E-state index >= 15 is 0 Å². The molecule has 0 aromatic rings. The highest BCUT2D eigenvalue weighted by Gasteiger charge is 2.26. The Bertz CT molecular complexity index is 253. The van der Waals surface area contributed by atoms with Crippen molar-refractivity contribution in [2.24, 2.45) is 0 Å². The van der Waals surface area contributed by atoms with Crippen molar-refractivity contribution in [3.8, 4) is 0 Å². The van der Waals surface area contributed by atoms with E-state index in [9.17, 15) is 9.90 Å². The van der Waals surface area contributed by atoms with Crippen LogP contribution < -0.4 is 5.32 Å². The quantitative estimate of drug-likeness (QED) is 0.738. The van der Waals surface area contributed by atoms with Crippen molar-refractivity contribution in [3.63, 3.8) is 0 Å². The van der Waals surface area contributed by atoms with E-state index in [1.54, 1.807) is 18.7 Å². The number of carbonyl (C=O) groups is 1. The number of likely N-dealkylation sites (tertiary alicyclic amines) is 1. The Morgan fingerprint density at radius 1 is 1.53 bits per heavy atom. The Labute approximate surface area is 108 Å². The SMILES string of the molecule is CSCC(C)(O)CNC(C)C(=O)N1CCCC1. The molecule has 17 heavy (non-hydrogen) atoms. The monoisotopic (exact) mass is 260 g/mol. The summed E-state index contributed by atoms with van der Waals surface area (Å²) in [4.78, 5) is 13.9. The Morgan fingerprint density at radius 2 is 2.12 bits per heavy atom. The van der Waals surface area contributed by atoms with E-state index in [1.165, 1.54) is 0 Å². The van der Waals surface area contributed by atoms with Crippen LogP contribution in [-0.2, 0) is 4.79 Å². The van der Waals surface area contributed by atoms with Gasteiger partial charge in [-0.1, -0.05) is 0 Å². The van der Waals surface area contributed by atoms with Crippen molar-refractivity contribution >= 4 is 17.7 Å². The Morgan fingerprint density at radius 3 is 2.65 bits per heavy atom. The van der Waals surface area contributed by atoms with Crippen molar-refractivity contribution in [3.05, 3.63) is 0 Å². The molecule has 100 valence electrons. The highest BCUT2D eigenvalue weighted by Crippen LogP contribution is 2.11. The second kappa shape index (κ2) is 6.61. The number of rotatable bonds is 6. The fourth-order valence-corrected chi connectivity index (χ4v) is 2.76. The van der Waals surface area contributed by atoms with Crippen molar-refractivity contribution in [2.75, 3.05) is 31.6 Å². The van der Waals surface area contributed by atoms with E-state index in [1.807, 2.05) is 18.1 Å². The van der Waals surface area contributed by atoms with E-state index in [2.05, 4.69) is 5.32 Å². The first-order chi connectivity index (χ1) is 7.96. The minimum absolute atomic E-state index is 0.155. The third kappa shape index (κ3) is 4.85. The molecule has 0 radical (unpaired) electrons. The normalized spacial score (nSPS) is 21.3. The number of nitrogens with zero attached hydrogens (tertiary/aromatic N) is 1. The van der Waals surface area contributed by atoms with Crippen LogP contribution in [0.1, 0.15) is 26.7 Å². The average molecular weight is 260 g/mol. The molecule has 0 aromatic carbocycles. The smallest absolute Gasteiger partial charge is 0.239 e. The lowest BCUT2D eigenvalue weighted by atomic mass is 10.1. The molecule has 0 aliphatic carbocycles. The van der Waals surface area contributed by atoms with E-state index in [4.69, 9.17) is 0 Å². The fraction of sp³-hybridized carbons (Fsp3) is 0.917. The molecule has 2 atom stereocenters. The van der Waals surface area contributed by atoms with Crippen molar-refractivity contribution in [2.45, 2.75) is 38.3 Å². The van der Waals surface area contributed by atoms with Gasteiger partial charge in [-0.3, -0.25) is 4.79 Å². The summed E-state index contributed by atoms with van der Waals surface area (Å²) in [6.45, 7) is 5.88. The lowest BCUT2D eigenvalue weighted by Crippen LogP contribution is -2.49. The molecule has 1 aliphatic heterocycles. The third-order valence-electron chi connectivity index (χ3n) is 3.03. The zero-order valence-electron chi connectivity index (χ0n) is 11.0. The molecular weight excluding hydrogens is 236 g/mol. The number of amides is 1. The molecule has 1 rings (SSSR count). The first-order valence-electron chi connectivity index (χ1n) is 6.20. The largest absolute Gasteiger partial charge is 0.388 e. The first kappa shape index (κ1) is 14.8. The van der Waals surface area contributed by atoms with Crippen LogP contribution in [-0.4, -0.2) is 59.2 Å². The number of hydrogen-bond acceptors (Lipinski definition) is 4. The molecule has 0 spiro atoms. The van der Waals surface area contributed by atoms with Crippen molar-refractivity contribution in [1.82, 2.24) is 10.2 Å². The van der Waals surface area contributed by atoms with Gasteiger partial charge in [-0.2, -0.15) is 11.8 Å². The second-order valence-corrected chi connectivity index (χ2v) is 5.93. The number of nitrogens with one attached hydrogen (secondary N) is 1. The molecule has 0 aromatic heterocycles. The minimum Gasteiger partial charge on any atom is -0.388 e. The van der Waals surface area contributed by atoms with Gasteiger partial charge in [0, 0.05) is 25.4 Å². The van der Waals surface area contributed by atoms with Gasteiger partial charge in [0.05, 0.1) is 11.6 Å². The molecule has 2 N–H and O–H groups in total. The lowest BCUT2D eigenvalue weighted by Gasteiger charge is -2.26. The summed E-state index contributed by atoms with van der Waals surface area (Å²) in [6.07, 6.45) is 4.19. The summed E-state index contributed by atoms with van der Waals surface area (Å²) in [5.74, 6) is 0.826. The maximum atomic E-state index is 12.0. The number of carbonyl (C=O) groups excluding carboxylic acids is 1. The summed E-state index contributed by atoms with van der Waals surface area (Å²) in [5.41, 5.74) is -0.751. The van der Waals surface area contributed by atoms with Crippen LogP contribution in [0.2, 0.25) is 0 Å². The van der Waals surface area contributed by atoms with Crippen molar-refractivity contribution < 1.29 is 9.90 Å². The van der Waals surface area contributed by atoms with E-state index in [0.717, 1.165) is 25.9 Å². The molecule has 2 unspecified atom stereocenters. The molecular formula is C12H24N2O2S. The highest BCUT2D eigenvalue weighted by atomic mass is 32.2. The number of hydrogen-bond donors (Lipinski definition) is 2. The Balaban J connectivity index is 2.33. The van der Waals surface area contributed by atoms with E-state index in [0.29, 0.717) is 12.3 Å². The maximum absolute atomic E-state index is 12.0. The topological polar surface area (TPSA) is 52.6 Å². The Hall–Kier alpha value is -0.260. The van der Waals surface area contributed by atoms with Gasteiger partial charge in [-0.15, -0.1) is 0 Å². The molecule has 0 saturated carbocycles. The van der Waals surface area contributed by atoms with Gasteiger partial charge in [0.25, 0.3) is 0 Å². The molecule has 1 fully saturated rings. The van der Waals surface area contributed by atoms with Crippen LogP contribution in [0.3, 0.4) is 0 Å². The summed E-state index contributed by atoms with van der Waals surface area (Å²) in [6, 6.07) is -0.207. The van der Waals surface area contributed by atoms with Gasteiger partial charge in [-0.05, 0) is 32.9 Å². The van der Waals surface area contributed by atoms with Crippen LogP contribution in [0.25, 0.3) is 0 Å². The molecule has 4 nitrogen and oxygen atoms in total. The molecule has 1 heterocycles. The molecule has 1 aliphatic rings. The van der Waals surface area contributed by atoms with Crippen LogP contribution in [0.4, 0.5) is 0 Å². The first-order valence-corrected chi connectivity index (χ1v) is 7.59. The van der Waals surface area contributed by atoms with Crippen molar-refractivity contribution in [1.29, 1.82) is 0 Å². The third-order valence-corrected chi connectivity index (χ3v) is 3.94. The van der Waals surface area contributed by atoms with Gasteiger partial charge in [0.1, 0.15) is 0 Å². The predicted molar refractivity (Wildman–Crippen MR) is 72.3 cm³/mol. The van der Waals surface area contributed by atoms with Gasteiger partial charge in [0.2, 0.25) is 5.91 Å².